The van der Waals surface area contributed by atoms with Gasteiger partial charge in [-0.25, -0.2) is 18.4 Å². The molecule has 0 bridgehead atoms. The minimum absolute atomic E-state index is 0.0378. The summed E-state index contributed by atoms with van der Waals surface area (Å²) in [4.78, 5) is 21.8. The van der Waals surface area contributed by atoms with E-state index in [1.54, 1.807) is 54.6 Å². The van der Waals surface area contributed by atoms with Gasteiger partial charge in [-0.05, 0) is 67.1 Å². The van der Waals surface area contributed by atoms with E-state index in [-0.39, 0.29) is 22.4 Å². The fourth-order valence-corrected chi connectivity index (χ4v) is 4.87. The first-order valence-electron chi connectivity index (χ1n) is 12.9. The fraction of sp³-hybridized carbons (Fsp3) is 0.129. The van der Waals surface area contributed by atoms with Crippen LogP contribution in [0.4, 0.5) is 17.3 Å². The van der Waals surface area contributed by atoms with E-state index >= 15 is 0 Å². The lowest BCUT2D eigenvalue weighted by atomic mass is 10.1. The molecule has 0 saturated heterocycles. The van der Waals surface area contributed by atoms with Gasteiger partial charge in [-0.15, -0.1) is 0 Å². The summed E-state index contributed by atoms with van der Waals surface area (Å²) in [6.45, 7) is 5.67. The predicted octanol–water partition coefficient (Wildman–Crippen LogP) is 5.62. The van der Waals surface area contributed by atoms with Crippen molar-refractivity contribution < 1.29 is 27.4 Å². The Labute approximate surface area is 250 Å². The summed E-state index contributed by atoms with van der Waals surface area (Å²) in [7, 11) is 0.377. The van der Waals surface area contributed by atoms with Crippen LogP contribution in [0.2, 0.25) is 0 Å². The van der Waals surface area contributed by atoms with E-state index in [0.29, 0.717) is 39.5 Å². The first-order valence-corrected chi connectivity index (χ1v) is 14.4. The lowest BCUT2D eigenvalue weighted by Gasteiger charge is -2.15. The van der Waals surface area contributed by atoms with Crippen molar-refractivity contribution in [1.82, 2.24) is 9.97 Å². The predicted molar refractivity (Wildman–Crippen MR) is 166 cm³/mol. The number of methoxy groups -OCH3 is 3. The Kier molecular flexibility index (Phi) is 9.63. The summed E-state index contributed by atoms with van der Waals surface area (Å²) in [5, 5.41) is 5.83. The third kappa shape index (κ3) is 7.68. The molecule has 0 unspecified atom stereocenters. The molecule has 1 amide bonds. The molecule has 12 heteroatoms. The summed E-state index contributed by atoms with van der Waals surface area (Å²) in [5.74, 6) is 0.663. The van der Waals surface area contributed by atoms with E-state index in [1.165, 1.54) is 51.9 Å². The maximum absolute atomic E-state index is 13.4. The van der Waals surface area contributed by atoms with Gasteiger partial charge in [0.05, 0.1) is 43.5 Å². The van der Waals surface area contributed by atoms with Crippen molar-refractivity contribution in [2.24, 2.45) is 0 Å². The largest absolute Gasteiger partial charge is 0.504 e. The zero-order valence-corrected chi connectivity index (χ0v) is 24.9. The smallest absolute Gasteiger partial charge is 0.263 e. The zero-order valence-electron chi connectivity index (χ0n) is 24.0. The molecule has 0 saturated carbocycles. The summed E-state index contributed by atoms with van der Waals surface area (Å²) in [6, 6.07) is 17.9. The van der Waals surface area contributed by atoms with E-state index in [9.17, 15) is 13.2 Å². The molecule has 222 valence electrons. The van der Waals surface area contributed by atoms with Crippen molar-refractivity contribution in [2.45, 2.75) is 11.8 Å². The van der Waals surface area contributed by atoms with Gasteiger partial charge in [0.15, 0.2) is 11.6 Å². The Morgan fingerprint density at radius 1 is 0.907 bits per heavy atom. The number of para-hydroxylation sites is 2. The van der Waals surface area contributed by atoms with Crippen molar-refractivity contribution in [2.75, 3.05) is 36.7 Å². The number of sulfonamides is 1. The number of hydrogen-bond acceptors (Lipinski definition) is 9. The molecule has 0 spiro atoms. The van der Waals surface area contributed by atoms with E-state index in [1.807, 2.05) is 6.92 Å². The third-order valence-electron chi connectivity index (χ3n) is 6.12. The Bertz CT molecular complexity index is 1820. The highest BCUT2D eigenvalue weighted by atomic mass is 32.2. The van der Waals surface area contributed by atoms with E-state index in [4.69, 9.17) is 14.2 Å². The Morgan fingerprint density at radius 2 is 1.58 bits per heavy atom. The van der Waals surface area contributed by atoms with Crippen LogP contribution >= 0.6 is 0 Å². The second kappa shape index (κ2) is 13.5. The minimum Gasteiger partial charge on any atom is -0.504 e. The molecule has 11 nitrogen and oxygen atoms in total. The number of nitrogens with zero attached hydrogens (tertiary/aromatic N) is 2. The fourth-order valence-electron chi connectivity index (χ4n) is 3.86. The summed E-state index contributed by atoms with van der Waals surface area (Å²) < 4.78 is 44.9. The van der Waals surface area contributed by atoms with Gasteiger partial charge in [0.2, 0.25) is 0 Å². The standard InChI is InChI=1S/C31H31N5O6S/c1-20-10-11-22(19-28(20)42-5)31(37)33-23-12-14-25(15-13-23)43(38,39)36-30-29(34-26-8-6-7-9-27(26)35-30)32-24(16-17-40-3)18-21(2)41-4/h6-19H,2H2,1,3-5H3,(H,32,34)(H,33,37)(H,35,36)/b17-16+,24-18+. The van der Waals surface area contributed by atoms with Gasteiger partial charge >= 0.3 is 0 Å². The van der Waals surface area contributed by atoms with Crippen LogP contribution in [0.5, 0.6) is 5.75 Å². The molecule has 0 radical (unpaired) electrons. The lowest BCUT2D eigenvalue weighted by molar-refractivity contribution is 0.102. The van der Waals surface area contributed by atoms with Crippen molar-refractivity contribution in [3.63, 3.8) is 0 Å². The first kappa shape index (κ1) is 30.6. The van der Waals surface area contributed by atoms with Gasteiger partial charge in [0.25, 0.3) is 15.9 Å². The quantitative estimate of drug-likeness (QED) is 0.139. The summed E-state index contributed by atoms with van der Waals surface area (Å²) in [5.41, 5.74) is 3.18. The number of amides is 1. The molecule has 4 aromatic rings. The molecule has 4 rings (SSSR count). The maximum Gasteiger partial charge on any atom is 0.263 e. The summed E-state index contributed by atoms with van der Waals surface area (Å²) in [6.07, 6.45) is 4.61. The van der Waals surface area contributed by atoms with Crippen molar-refractivity contribution in [3.05, 3.63) is 114 Å². The molecule has 0 aliphatic rings. The van der Waals surface area contributed by atoms with Crippen LogP contribution in [-0.4, -0.2) is 45.6 Å². The monoisotopic (exact) mass is 601 g/mol. The molecule has 0 fully saturated rings. The van der Waals surface area contributed by atoms with Crippen LogP contribution in [0.1, 0.15) is 15.9 Å². The highest BCUT2D eigenvalue weighted by Gasteiger charge is 2.20. The highest BCUT2D eigenvalue weighted by Crippen LogP contribution is 2.27. The number of rotatable bonds is 12. The molecule has 3 N–H and O–H groups in total. The number of hydrogen-bond donors (Lipinski definition) is 3. The van der Waals surface area contributed by atoms with Gasteiger partial charge in [-0.3, -0.25) is 9.52 Å². The Hall–Kier alpha value is -5.36. The van der Waals surface area contributed by atoms with Gasteiger partial charge in [0, 0.05) is 23.0 Å². The van der Waals surface area contributed by atoms with E-state index < -0.39 is 10.0 Å². The number of allylic oxidation sites excluding steroid dienone is 2. The maximum atomic E-state index is 13.4. The zero-order chi connectivity index (χ0) is 31.0. The number of nitrogens with one attached hydrogen (secondary N) is 3. The first-order chi connectivity index (χ1) is 20.6. The average molecular weight is 602 g/mol. The molecule has 3 aromatic carbocycles. The third-order valence-corrected chi connectivity index (χ3v) is 7.47. The number of carbonyl (C=O) groups is 1. The lowest BCUT2D eigenvalue weighted by Crippen LogP contribution is -2.17. The number of fused-ring (bicyclic) bond motifs is 1. The molecule has 1 heterocycles. The Balaban J connectivity index is 1.61. The van der Waals surface area contributed by atoms with Crippen LogP contribution in [0, 0.1) is 6.92 Å². The van der Waals surface area contributed by atoms with E-state index in [0.717, 1.165) is 5.56 Å². The number of ether oxygens (including phenoxy) is 3. The van der Waals surface area contributed by atoms with Gasteiger partial charge in [-0.2, -0.15) is 0 Å². The second-order valence-corrected chi connectivity index (χ2v) is 10.8. The molecule has 43 heavy (non-hydrogen) atoms. The van der Waals surface area contributed by atoms with Crippen LogP contribution in [0.3, 0.4) is 0 Å². The molecule has 0 aliphatic carbocycles. The number of benzene rings is 3. The van der Waals surface area contributed by atoms with Crippen molar-refractivity contribution >= 4 is 44.3 Å². The van der Waals surface area contributed by atoms with Crippen molar-refractivity contribution in [1.29, 1.82) is 0 Å². The normalized spacial score (nSPS) is 11.7. The van der Waals surface area contributed by atoms with Crippen molar-refractivity contribution in [3.8, 4) is 5.75 Å². The second-order valence-electron chi connectivity index (χ2n) is 9.11. The summed E-state index contributed by atoms with van der Waals surface area (Å²) >= 11 is 0. The molecular weight excluding hydrogens is 570 g/mol. The highest BCUT2D eigenvalue weighted by molar-refractivity contribution is 7.92. The molecule has 1 aromatic heterocycles. The van der Waals surface area contributed by atoms with Crippen LogP contribution in [0.25, 0.3) is 11.0 Å². The van der Waals surface area contributed by atoms with Gasteiger partial charge < -0.3 is 24.8 Å². The number of aryl methyl sites for hydroxylation is 1. The SMILES string of the molecule is C=C(/C=C(\C=C\OC)Nc1nc2ccccc2nc1NS(=O)(=O)c1ccc(NC(=O)c2ccc(C)c(OC)c2)cc1)OC. The van der Waals surface area contributed by atoms with Crippen LogP contribution < -0.4 is 20.1 Å². The minimum atomic E-state index is -4.12. The Morgan fingerprint density at radius 3 is 2.21 bits per heavy atom. The number of carbonyl (C=O) groups excluding carboxylic acids is 1. The molecule has 0 atom stereocenters. The number of anilines is 3. The van der Waals surface area contributed by atoms with E-state index in [2.05, 4.69) is 31.9 Å². The number of aromatic nitrogens is 2. The van der Waals surface area contributed by atoms with Gasteiger partial charge in [-0.1, -0.05) is 24.8 Å². The molecule has 0 aliphatic heterocycles. The molecular formula is C31H31N5O6S. The topological polar surface area (TPSA) is 141 Å². The van der Waals surface area contributed by atoms with Crippen LogP contribution in [-0.2, 0) is 19.5 Å². The average Bonchev–Trinajstić information content (AvgIpc) is 3.00. The van der Waals surface area contributed by atoms with Crippen LogP contribution in [0.15, 0.2) is 108 Å². The van der Waals surface area contributed by atoms with Gasteiger partial charge in [0.1, 0.15) is 11.5 Å².